The zero-order chi connectivity index (χ0) is 19.6. The summed E-state index contributed by atoms with van der Waals surface area (Å²) < 4.78 is 2.32. The van der Waals surface area contributed by atoms with Gasteiger partial charge < -0.3 is 0 Å². The van der Waals surface area contributed by atoms with Gasteiger partial charge in [-0.25, -0.2) is 0 Å². The van der Waals surface area contributed by atoms with E-state index in [0.29, 0.717) is 18.0 Å². The molecule has 1 unspecified atom stereocenters. The van der Waals surface area contributed by atoms with Gasteiger partial charge >= 0.3 is 0 Å². The lowest BCUT2D eigenvalue weighted by Crippen LogP contribution is -2.71. The van der Waals surface area contributed by atoms with E-state index in [2.05, 4.69) is 98.7 Å². The Bertz CT molecular complexity index is 564. The first-order valence-corrected chi connectivity index (χ1v) is 9.95. The quantitative estimate of drug-likeness (QED) is 0.709. The van der Waals surface area contributed by atoms with Crippen molar-refractivity contribution in [3.63, 3.8) is 0 Å². The van der Waals surface area contributed by atoms with Crippen molar-refractivity contribution >= 4 is 0 Å². The van der Waals surface area contributed by atoms with E-state index in [9.17, 15) is 0 Å². The lowest BCUT2D eigenvalue weighted by molar-refractivity contribution is -0.119. The van der Waals surface area contributed by atoms with Gasteiger partial charge in [0.25, 0.3) is 0 Å². The Balaban J connectivity index is 2.93. The minimum Gasteiger partial charge on any atom is -0.291 e. The molecule has 0 saturated carbocycles. The van der Waals surface area contributed by atoms with Crippen LogP contribution < -0.4 is 0 Å². The van der Waals surface area contributed by atoms with Crippen molar-refractivity contribution in [2.24, 2.45) is 11.3 Å². The Morgan fingerprint density at radius 2 is 1.40 bits per heavy atom. The molecule has 0 fully saturated rings. The molecule has 25 heavy (non-hydrogen) atoms. The van der Waals surface area contributed by atoms with Crippen LogP contribution in [0.15, 0.2) is 12.3 Å². The molecule has 144 valence electrons. The van der Waals surface area contributed by atoms with Gasteiger partial charge in [-0.05, 0) is 53.5 Å². The molecule has 0 spiro atoms. The van der Waals surface area contributed by atoms with Crippen LogP contribution in [0.2, 0.25) is 0 Å². The number of hydrogen-bond acceptors (Lipinski definition) is 2. The summed E-state index contributed by atoms with van der Waals surface area (Å²) in [5.74, 6) is 0.559. The summed E-state index contributed by atoms with van der Waals surface area (Å²) in [6.45, 7) is 28.7. The van der Waals surface area contributed by atoms with E-state index in [-0.39, 0.29) is 21.9 Å². The smallest absolute Gasteiger partial charge is 0.0640 e. The van der Waals surface area contributed by atoms with Crippen LogP contribution in [0, 0.1) is 11.3 Å². The van der Waals surface area contributed by atoms with E-state index in [0.717, 1.165) is 0 Å². The van der Waals surface area contributed by atoms with Gasteiger partial charge in [0, 0.05) is 40.3 Å². The Morgan fingerprint density at radius 3 is 1.84 bits per heavy atom. The molecular weight excluding hydrogens is 306 g/mol. The SMILES string of the molecule is CC(C)C1N(C(C)C)C(C)(C)C(C)(C)c2ccnn2C(C)(C)C1(C)C. The van der Waals surface area contributed by atoms with Crippen molar-refractivity contribution < 1.29 is 0 Å². The minimum atomic E-state index is -0.0817. The molecule has 1 aliphatic rings. The Hall–Kier alpha value is -0.830. The molecule has 3 nitrogen and oxygen atoms in total. The predicted molar refractivity (Wildman–Crippen MR) is 108 cm³/mol. The first-order chi connectivity index (χ1) is 11.1. The third kappa shape index (κ3) is 2.60. The van der Waals surface area contributed by atoms with Crippen LogP contribution in [0.3, 0.4) is 0 Å². The average Bonchev–Trinajstić information content (AvgIpc) is 2.92. The molecule has 3 heteroatoms. The van der Waals surface area contributed by atoms with Crippen LogP contribution >= 0.6 is 0 Å². The normalized spacial score (nSPS) is 27.8. The highest BCUT2D eigenvalue weighted by atomic mass is 15.4. The van der Waals surface area contributed by atoms with E-state index >= 15 is 0 Å². The zero-order valence-corrected chi connectivity index (χ0v) is 18.7. The van der Waals surface area contributed by atoms with Gasteiger partial charge in [0.15, 0.2) is 0 Å². The van der Waals surface area contributed by atoms with Crippen molar-refractivity contribution in [1.29, 1.82) is 0 Å². The second-order valence-electron chi connectivity index (χ2n) is 10.8. The van der Waals surface area contributed by atoms with Gasteiger partial charge in [-0.1, -0.05) is 41.5 Å². The summed E-state index contributed by atoms with van der Waals surface area (Å²) in [6.07, 6.45) is 1.99. The highest BCUT2D eigenvalue weighted by Gasteiger charge is 2.58. The van der Waals surface area contributed by atoms with Gasteiger partial charge in [0.2, 0.25) is 0 Å². The Kier molecular flexibility index (Phi) is 4.78. The van der Waals surface area contributed by atoms with E-state index in [4.69, 9.17) is 5.10 Å². The van der Waals surface area contributed by atoms with E-state index < -0.39 is 0 Å². The molecule has 0 aromatic carbocycles. The summed E-state index contributed by atoms with van der Waals surface area (Å²) in [5.41, 5.74) is 1.29. The van der Waals surface area contributed by atoms with Crippen LogP contribution in [-0.4, -0.2) is 32.3 Å². The van der Waals surface area contributed by atoms with E-state index in [1.807, 2.05) is 6.20 Å². The average molecular weight is 348 g/mol. The van der Waals surface area contributed by atoms with Gasteiger partial charge in [-0.2, -0.15) is 5.10 Å². The summed E-state index contributed by atoms with van der Waals surface area (Å²) in [5, 5.41) is 4.83. The van der Waals surface area contributed by atoms with Crippen molar-refractivity contribution in [2.45, 2.75) is 112 Å². The van der Waals surface area contributed by atoms with Gasteiger partial charge in [-0.15, -0.1) is 0 Å². The van der Waals surface area contributed by atoms with Gasteiger partial charge in [-0.3, -0.25) is 9.58 Å². The summed E-state index contributed by atoms with van der Waals surface area (Å²) >= 11 is 0. The third-order valence-electron chi connectivity index (χ3n) is 7.79. The largest absolute Gasteiger partial charge is 0.291 e. The molecule has 0 bridgehead atoms. The molecule has 1 atom stereocenters. The molecule has 0 N–H and O–H groups in total. The Morgan fingerprint density at radius 1 is 0.880 bits per heavy atom. The molecule has 1 aromatic heterocycles. The van der Waals surface area contributed by atoms with Crippen molar-refractivity contribution in [2.75, 3.05) is 0 Å². The molecule has 0 radical (unpaired) electrons. The minimum absolute atomic E-state index is 0.00164. The number of rotatable bonds is 2. The van der Waals surface area contributed by atoms with Crippen LogP contribution in [0.1, 0.15) is 88.8 Å². The zero-order valence-electron chi connectivity index (χ0n) is 18.7. The first kappa shape index (κ1) is 20.5. The predicted octanol–water partition coefficient (Wildman–Crippen LogP) is 5.45. The highest BCUT2D eigenvalue weighted by Crippen LogP contribution is 2.53. The van der Waals surface area contributed by atoms with Crippen molar-refractivity contribution in [1.82, 2.24) is 14.7 Å². The topological polar surface area (TPSA) is 21.1 Å². The van der Waals surface area contributed by atoms with Gasteiger partial charge in [0.05, 0.1) is 5.54 Å². The Labute approximate surface area is 156 Å². The van der Waals surface area contributed by atoms with Crippen LogP contribution in [0.5, 0.6) is 0 Å². The maximum atomic E-state index is 4.83. The fourth-order valence-electron chi connectivity index (χ4n) is 5.31. The van der Waals surface area contributed by atoms with Gasteiger partial charge in [0.1, 0.15) is 0 Å². The maximum absolute atomic E-state index is 4.83. The molecule has 2 heterocycles. The summed E-state index contributed by atoms with van der Waals surface area (Å²) in [4.78, 5) is 2.80. The van der Waals surface area contributed by atoms with Crippen LogP contribution in [0.4, 0.5) is 0 Å². The number of fused-ring (bicyclic) bond motifs is 1. The number of nitrogens with zero attached hydrogens (tertiary/aromatic N) is 3. The van der Waals surface area contributed by atoms with Crippen LogP contribution in [-0.2, 0) is 11.0 Å². The molecular formula is C22H41N3. The fourth-order valence-corrected chi connectivity index (χ4v) is 5.31. The molecule has 2 rings (SSSR count). The molecule has 1 aliphatic heterocycles. The summed E-state index contributed by atoms with van der Waals surface area (Å²) in [7, 11) is 0. The number of hydrogen-bond donors (Lipinski definition) is 0. The van der Waals surface area contributed by atoms with Crippen LogP contribution in [0.25, 0.3) is 0 Å². The van der Waals surface area contributed by atoms with Crippen molar-refractivity contribution in [3.05, 3.63) is 18.0 Å². The molecule has 0 saturated heterocycles. The third-order valence-corrected chi connectivity index (χ3v) is 7.79. The molecule has 0 aliphatic carbocycles. The lowest BCUT2D eigenvalue weighted by Gasteiger charge is -2.63. The molecule has 1 aromatic rings. The standard InChI is InChI=1S/C22H41N3/c1-15(2)18-20(7,8)22(11,12)25-17(13-14-23-25)19(5,6)21(9,10)24(18)16(3)4/h13-16,18H,1-12H3. The highest BCUT2D eigenvalue weighted by molar-refractivity contribution is 5.26. The van der Waals surface area contributed by atoms with Crippen molar-refractivity contribution in [3.8, 4) is 0 Å². The second-order valence-corrected chi connectivity index (χ2v) is 10.8. The van der Waals surface area contributed by atoms with E-state index in [1.165, 1.54) is 5.69 Å². The lowest BCUT2D eigenvalue weighted by atomic mass is 9.60. The second kappa shape index (κ2) is 5.84. The fraction of sp³-hybridized carbons (Fsp3) is 0.864. The first-order valence-electron chi connectivity index (χ1n) is 9.95. The molecule has 0 amide bonds. The monoisotopic (exact) mass is 347 g/mol. The number of aromatic nitrogens is 2. The maximum Gasteiger partial charge on any atom is 0.0640 e. The van der Waals surface area contributed by atoms with E-state index in [1.54, 1.807) is 0 Å². The summed E-state index contributed by atoms with van der Waals surface area (Å²) in [6, 6.07) is 3.16.